The van der Waals surface area contributed by atoms with E-state index in [0.717, 1.165) is 21.9 Å². The number of rotatable bonds is 4. The van der Waals surface area contributed by atoms with Crippen LogP contribution in [0.3, 0.4) is 0 Å². The lowest BCUT2D eigenvalue weighted by atomic mass is 9.97. The van der Waals surface area contributed by atoms with Gasteiger partial charge in [0.25, 0.3) is 11.8 Å². The van der Waals surface area contributed by atoms with E-state index in [0.29, 0.717) is 5.56 Å². The van der Waals surface area contributed by atoms with Crippen LogP contribution in [0.15, 0.2) is 34.9 Å². The molecule has 1 amide bonds. The van der Waals surface area contributed by atoms with E-state index in [-0.39, 0.29) is 11.7 Å². The Morgan fingerprint density at radius 2 is 1.96 bits per heavy atom. The van der Waals surface area contributed by atoms with Crippen molar-refractivity contribution in [3.05, 3.63) is 58.7 Å². The molecule has 0 radical (unpaired) electrons. The van der Waals surface area contributed by atoms with Crippen molar-refractivity contribution < 1.29 is 18.1 Å². The molecule has 1 atom stereocenters. The van der Waals surface area contributed by atoms with Crippen molar-refractivity contribution in [1.29, 1.82) is 0 Å². The summed E-state index contributed by atoms with van der Waals surface area (Å²) >= 11 is 0. The third-order valence-corrected chi connectivity index (χ3v) is 3.99. The molecular formula is C18H17F2N3O2. The first-order chi connectivity index (χ1) is 11.9. The van der Waals surface area contributed by atoms with E-state index in [9.17, 15) is 13.6 Å². The average molecular weight is 345 g/mol. The number of aryl methyl sites for hydroxylation is 2. The molecule has 5 nitrogen and oxygen atoms in total. The number of carbonyl (C=O) groups is 1. The minimum atomic E-state index is -2.84. The van der Waals surface area contributed by atoms with Gasteiger partial charge in [-0.3, -0.25) is 4.79 Å². The van der Waals surface area contributed by atoms with Crippen LogP contribution in [0.1, 0.15) is 52.6 Å². The fourth-order valence-electron chi connectivity index (χ4n) is 2.70. The number of fused-ring (bicyclic) bond motifs is 1. The fourth-order valence-corrected chi connectivity index (χ4v) is 2.70. The zero-order valence-electron chi connectivity index (χ0n) is 14.0. The first-order valence-electron chi connectivity index (χ1n) is 7.79. The molecule has 0 aliphatic heterocycles. The third-order valence-electron chi connectivity index (χ3n) is 3.99. The molecule has 0 bridgehead atoms. The van der Waals surface area contributed by atoms with Gasteiger partial charge in [-0.05, 0) is 37.1 Å². The van der Waals surface area contributed by atoms with Gasteiger partial charge in [-0.15, -0.1) is 0 Å². The molecule has 7 heteroatoms. The van der Waals surface area contributed by atoms with Crippen LogP contribution in [-0.4, -0.2) is 16.0 Å². The summed E-state index contributed by atoms with van der Waals surface area (Å²) in [5.41, 5.74) is 2.46. The lowest BCUT2D eigenvalue weighted by Gasteiger charge is -2.14. The van der Waals surface area contributed by atoms with E-state index in [1.54, 1.807) is 6.92 Å². The summed E-state index contributed by atoms with van der Waals surface area (Å²) in [7, 11) is 0. The Kier molecular flexibility index (Phi) is 4.48. The molecule has 3 aromatic rings. The molecule has 25 heavy (non-hydrogen) atoms. The van der Waals surface area contributed by atoms with E-state index < -0.39 is 18.4 Å². The molecule has 1 N–H and O–H groups in total. The van der Waals surface area contributed by atoms with Crippen LogP contribution in [0, 0.1) is 13.8 Å². The summed E-state index contributed by atoms with van der Waals surface area (Å²) in [5.74, 6) is -1.06. The standard InChI is InChI=1S/C18H17F2N3O2/c1-9-4-7-13-12(8-9)6-5-10(2)14(13)17(24)21-11(3)16-22-18(15(19)20)25-23-16/h4-8,11,15H,1-3H3,(H,21,24). The van der Waals surface area contributed by atoms with Gasteiger partial charge in [0.2, 0.25) is 0 Å². The number of carbonyl (C=O) groups excluding carboxylic acids is 1. The predicted octanol–water partition coefficient (Wildman–Crippen LogP) is 4.27. The maximum Gasteiger partial charge on any atom is 0.315 e. The number of nitrogens with one attached hydrogen (secondary N) is 1. The van der Waals surface area contributed by atoms with Gasteiger partial charge in [-0.2, -0.15) is 13.8 Å². The zero-order valence-corrected chi connectivity index (χ0v) is 14.0. The maximum absolute atomic E-state index is 12.7. The average Bonchev–Trinajstić information content (AvgIpc) is 3.05. The Morgan fingerprint density at radius 1 is 1.20 bits per heavy atom. The maximum atomic E-state index is 12.7. The molecule has 0 saturated carbocycles. The number of hydrogen-bond donors (Lipinski definition) is 1. The van der Waals surface area contributed by atoms with Gasteiger partial charge in [0.15, 0.2) is 5.82 Å². The number of benzene rings is 2. The van der Waals surface area contributed by atoms with Gasteiger partial charge in [-0.25, -0.2) is 0 Å². The van der Waals surface area contributed by atoms with E-state index in [4.69, 9.17) is 0 Å². The second-order valence-electron chi connectivity index (χ2n) is 5.97. The molecule has 1 aromatic heterocycles. The number of nitrogens with zero attached hydrogens (tertiary/aromatic N) is 2. The number of halogens is 2. The van der Waals surface area contributed by atoms with Crippen molar-refractivity contribution in [1.82, 2.24) is 15.5 Å². The molecule has 1 heterocycles. The van der Waals surface area contributed by atoms with Crippen LogP contribution in [0.2, 0.25) is 0 Å². The lowest BCUT2D eigenvalue weighted by Crippen LogP contribution is -2.28. The Hall–Kier alpha value is -2.83. The van der Waals surface area contributed by atoms with Gasteiger partial charge in [0, 0.05) is 0 Å². The highest BCUT2D eigenvalue weighted by molar-refractivity contribution is 6.08. The topological polar surface area (TPSA) is 68.0 Å². The summed E-state index contributed by atoms with van der Waals surface area (Å²) in [5, 5.41) is 8.03. The lowest BCUT2D eigenvalue weighted by molar-refractivity contribution is 0.0938. The van der Waals surface area contributed by atoms with Gasteiger partial charge in [0.1, 0.15) is 0 Å². The molecule has 0 spiro atoms. The van der Waals surface area contributed by atoms with Crippen molar-refractivity contribution in [3.8, 4) is 0 Å². The molecule has 2 aromatic carbocycles. The normalized spacial score (nSPS) is 12.6. The van der Waals surface area contributed by atoms with Crippen molar-refractivity contribution in [2.24, 2.45) is 0 Å². The van der Waals surface area contributed by atoms with Gasteiger partial charge < -0.3 is 9.84 Å². The second-order valence-corrected chi connectivity index (χ2v) is 5.97. The third kappa shape index (κ3) is 3.35. The Labute approximate surface area is 143 Å². The highest BCUT2D eigenvalue weighted by Gasteiger charge is 2.22. The monoisotopic (exact) mass is 345 g/mol. The molecule has 0 aliphatic carbocycles. The number of amides is 1. The Morgan fingerprint density at radius 3 is 2.64 bits per heavy atom. The first kappa shape index (κ1) is 17.0. The first-order valence-corrected chi connectivity index (χ1v) is 7.79. The van der Waals surface area contributed by atoms with E-state index >= 15 is 0 Å². The minimum Gasteiger partial charge on any atom is -0.342 e. The molecule has 130 valence electrons. The van der Waals surface area contributed by atoms with Crippen LogP contribution in [0.4, 0.5) is 8.78 Å². The van der Waals surface area contributed by atoms with Gasteiger partial charge >= 0.3 is 6.43 Å². The highest BCUT2D eigenvalue weighted by Crippen LogP contribution is 2.24. The van der Waals surface area contributed by atoms with Gasteiger partial charge in [-0.1, -0.05) is 41.1 Å². The molecule has 1 unspecified atom stereocenters. The summed E-state index contributed by atoms with van der Waals surface area (Å²) in [6.07, 6.45) is -2.84. The quantitative estimate of drug-likeness (QED) is 0.767. The number of aromatic nitrogens is 2. The number of hydrogen-bond acceptors (Lipinski definition) is 4. The largest absolute Gasteiger partial charge is 0.342 e. The Bertz CT molecular complexity index is 937. The Balaban J connectivity index is 1.90. The fraction of sp³-hybridized carbons (Fsp3) is 0.278. The predicted molar refractivity (Wildman–Crippen MR) is 88.6 cm³/mol. The summed E-state index contributed by atoms with van der Waals surface area (Å²) in [4.78, 5) is 16.4. The number of alkyl halides is 2. The van der Waals surface area contributed by atoms with Crippen molar-refractivity contribution in [3.63, 3.8) is 0 Å². The SMILES string of the molecule is Cc1ccc2c(C(=O)NC(C)c3noc(C(F)F)n3)c(C)ccc2c1. The molecule has 0 fully saturated rings. The summed E-state index contributed by atoms with van der Waals surface area (Å²) < 4.78 is 29.6. The second kappa shape index (κ2) is 6.58. The highest BCUT2D eigenvalue weighted by atomic mass is 19.3. The zero-order chi connectivity index (χ0) is 18.1. The van der Waals surface area contributed by atoms with Crippen LogP contribution < -0.4 is 5.32 Å². The van der Waals surface area contributed by atoms with Crippen LogP contribution in [-0.2, 0) is 0 Å². The molecular weight excluding hydrogens is 328 g/mol. The smallest absolute Gasteiger partial charge is 0.315 e. The molecule has 0 saturated heterocycles. The van der Waals surface area contributed by atoms with E-state index in [1.165, 1.54) is 0 Å². The molecule has 3 rings (SSSR count). The van der Waals surface area contributed by atoms with Crippen molar-refractivity contribution in [2.45, 2.75) is 33.2 Å². The van der Waals surface area contributed by atoms with E-state index in [2.05, 4.69) is 20.0 Å². The summed E-state index contributed by atoms with van der Waals surface area (Å²) in [6.45, 7) is 5.45. The van der Waals surface area contributed by atoms with Crippen LogP contribution >= 0.6 is 0 Å². The summed E-state index contributed by atoms with van der Waals surface area (Å²) in [6, 6.07) is 9.03. The van der Waals surface area contributed by atoms with Crippen LogP contribution in [0.25, 0.3) is 10.8 Å². The van der Waals surface area contributed by atoms with Crippen LogP contribution in [0.5, 0.6) is 0 Å². The van der Waals surface area contributed by atoms with E-state index in [1.807, 2.05) is 44.2 Å². The van der Waals surface area contributed by atoms with Gasteiger partial charge in [0.05, 0.1) is 11.6 Å². The van der Waals surface area contributed by atoms with Crippen molar-refractivity contribution >= 4 is 16.7 Å². The molecule has 0 aliphatic rings. The van der Waals surface area contributed by atoms with Crippen molar-refractivity contribution in [2.75, 3.05) is 0 Å². The minimum absolute atomic E-state index is 0.0115.